The first-order valence-electron chi connectivity index (χ1n) is 8.53. The minimum absolute atomic E-state index is 0.169. The van der Waals surface area contributed by atoms with E-state index in [1.807, 2.05) is 31.2 Å². The Labute approximate surface area is 153 Å². The van der Waals surface area contributed by atoms with Gasteiger partial charge in [-0.05, 0) is 58.4 Å². The third-order valence-electron chi connectivity index (χ3n) is 4.23. The molecule has 0 spiro atoms. The number of hydrogen-bond donors (Lipinski definition) is 0. The van der Waals surface area contributed by atoms with Gasteiger partial charge < -0.3 is 9.47 Å². The maximum Gasteiger partial charge on any atom is 0.316 e. The Kier molecular flexibility index (Phi) is 4.45. The fourth-order valence-corrected chi connectivity index (χ4v) is 2.55. The second-order valence-corrected chi connectivity index (χ2v) is 7.56. The summed E-state index contributed by atoms with van der Waals surface area (Å²) in [5.74, 6) is 0.629. The van der Waals surface area contributed by atoms with E-state index in [0.29, 0.717) is 22.6 Å². The average molecular weight is 350 g/mol. The summed E-state index contributed by atoms with van der Waals surface area (Å²) in [4.78, 5) is 24.8. The average Bonchev–Trinajstić information content (AvgIpc) is 2.88. The number of ether oxygens (including phenoxy) is 2. The number of allylic oxidation sites excluding steroid dienone is 1. The molecule has 2 aromatic rings. The van der Waals surface area contributed by atoms with Crippen LogP contribution in [0.4, 0.5) is 0 Å². The van der Waals surface area contributed by atoms with Crippen LogP contribution in [0.1, 0.15) is 47.8 Å². The van der Waals surface area contributed by atoms with Crippen molar-refractivity contribution in [1.82, 2.24) is 0 Å². The normalized spacial score (nSPS) is 15.0. The van der Waals surface area contributed by atoms with Gasteiger partial charge in [0.2, 0.25) is 5.78 Å². The maximum atomic E-state index is 12.6. The van der Waals surface area contributed by atoms with Crippen LogP contribution in [-0.4, -0.2) is 11.8 Å². The van der Waals surface area contributed by atoms with Gasteiger partial charge in [0.25, 0.3) is 0 Å². The summed E-state index contributed by atoms with van der Waals surface area (Å²) in [5.41, 5.74) is 2.55. The van der Waals surface area contributed by atoms with Crippen molar-refractivity contribution in [3.8, 4) is 11.5 Å². The van der Waals surface area contributed by atoms with E-state index in [0.717, 1.165) is 11.1 Å². The third-order valence-corrected chi connectivity index (χ3v) is 4.23. The van der Waals surface area contributed by atoms with Crippen molar-refractivity contribution in [2.24, 2.45) is 5.41 Å². The SMILES string of the molecule is Cc1ccc(/C=C2\Oc3c(ccc(OC(=O)C(C)(C)C)c3C)C2=O)cc1. The van der Waals surface area contributed by atoms with Crippen LogP contribution < -0.4 is 9.47 Å². The van der Waals surface area contributed by atoms with E-state index in [-0.39, 0.29) is 17.5 Å². The zero-order chi connectivity index (χ0) is 19.1. The van der Waals surface area contributed by atoms with E-state index < -0.39 is 5.41 Å². The zero-order valence-corrected chi connectivity index (χ0v) is 15.7. The summed E-state index contributed by atoms with van der Waals surface area (Å²) in [7, 11) is 0. The molecule has 3 rings (SSSR count). The quantitative estimate of drug-likeness (QED) is 0.440. The van der Waals surface area contributed by atoms with E-state index in [1.165, 1.54) is 0 Å². The molecule has 1 aliphatic rings. The van der Waals surface area contributed by atoms with Gasteiger partial charge >= 0.3 is 5.97 Å². The first kappa shape index (κ1) is 17.9. The van der Waals surface area contributed by atoms with Crippen molar-refractivity contribution in [3.63, 3.8) is 0 Å². The van der Waals surface area contributed by atoms with Gasteiger partial charge in [-0.25, -0.2) is 0 Å². The summed E-state index contributed by atoms with van der Waals surface area (Å²) in [6.07, 6.45) is 1.72. The molecule has 1 heterocycles. The van der Waals surface area contributed by atoms with Crippen LogP contribution in [0.15, 0.2) is 42.2 Å². The van der Waals surface area contributed by atoms with E-state index >= 15 is 0 Å². The number of benzene rings is 2. The molecule has 0 aliphatic carbocycles. The third kappa shape index (κ3) is 3.40. The van der Waals surface area contributed by atoms with Crippen molar-refractivity contribution in [2.75, 3.05) is 0 Å². The van der Waals surface area contributed by atoms with Crippen LogP contribution >= 0.6 is 0 Å². The second-order valence-electron chi connectivity index (χ2n) is 7.56. The van der Waals surface area contributed by atoms with E-state index in [1.54, 1.807) is 45.9 Å². The van der Waals surface area contributed by atoms with Gasteiger partial charge in [0.15, 0.2) is 5.76 Å². The number of carbonyl (C=O) groups excluding carboxylic acids is 2. The Morgan fingerprint density at radius 2 is 1.69 bits per heavy atom. The van der Waals surface area contributed by atoms with Crippen LogP contribution in [0, 0.1) is 19.3 Å². The van der Waals surface area contributed by atoms with Crippen LogP contribution in [-0.2, 0) is 4.79 Å². The van der Waals surface area contributed by atoms with Gasteiger partial charge in [-0.1, -0.05) is 29.8 Å². The van der Waals surface area contributed by atoms with Gasteiger partial charge in [0.1, 0.15) is 11.5 Å². The molecule has 0 N–H and O–H groups in total. The predicted molar refractivity (Wildman–Crippen MR) is 100 cm³/mol. The molecule has 4 heteroatoms. The number of Topliss-reactive ketones (excluding diaryl/α,β-unsaturated/α-hetero) is 1. The number of carbonyl (C=O) groups is 2. The van der Waals surface area contributed by atoms with Gasteiger partial charge in [-0.3, -0.25) is 9.59 Å². The lowest BCUT2D eigenvalue weighted by Gasteiger charge is -2.17. The standard InChI is InChI=1S/C22H22O4/c1-13-6-8-15(9-7-13)12-18-19(23)16-10-11-17(14(2)20(16)25-18)26-21(24)22(3,4)5/h6-12H,1-5H3/b18-12-. The van der Waals surface area contributed by atoms with Gasteiger partial charge in [-0.15, -0.1) is 0 Å². The highest BCUT2D eigenvalue weighted by molar-refractivity contribution is 6.15. The van der Waals surface area contributed by atoms with E-state index in [4.69, 9.17) is 9.47 Å². The number of fused-ring (bicyclic) bond motifs is 1. The Hall–Kier alpha value is -2.88. The van der Waals surface area contributed by atoms with Gasteiger partial charge in [0, 0.05) is 5.56 Å². The molecule has 1 aliphatic heterocycles. The molecule has 2 aromatic carbocycles. The van der Waals surface area contributed by atoms with Crippen molar-refractivity contribution in [1.29, 1.82) is 0 Å². The van der Waals surface area contributed by atoms with Crippen LogP contribution in [0.2, 0.25) is 0 Å². The van der Waals surface area contributed by atoms with Crippen molar-refractivity contribution in [2.45, 2.75) is 34.6 Å². The summed E-state index contributed by atoms with van der Waals surface area (Å²) < 4.78 is 11.3. The van der Waals surface area contributed by atoms with Crippen LogP contribution in [0.3, 0.4) is 0 Å². The molecule has 0 amide bonds. The number of ketones is 1. The Morgan fingerprint density at radius 3 is 2.31 bits per heavy atom. The molecule has 134 valence electrons. The first-order chi connectivity index (χ1) is 12.2. The maximum absolute atomic E-state index is 12.6. The molecule has 0 bridgehead atoms. The van der Waals surface area contributed by atoms with Gasteiger partial charge in [0.05, 0.1) is 11.0 Å². The number of hydrogen-bond acceptors (Lipinski definition) is 4. The van der Waals surface area contributed by atoms with E-state index in [9.17, 15) is 9.59 Å². The fraction of sp³-hybridized carbons (Fsp3) is 0.273. The highest BCUT2D eigenvalue weighted by Gasteiger charge is 2.31. The first-order valence-corrected chi connectivity index (χ1v) is 8.53. The van der Waals surface area contributed by atoms with Crippen molar-refractivity contribution < 1.29 is 19.1 Å². The summed E-state index contributed by atoms with van der Waals surface area (Å²) in [5, 5.41) is 0. The minimum atomic E-state index is -0.612. The molecule has 0 aromatic heterocycles. The molecular weight excluding hydrogens is 328 g/mol. The largest absolute Gasteiger partial charge is 0.452 e. The lowest BCUT2D eigenvalue weighted by Crippen LogP contribution is -2.25. The lowest BCUT2D eigenvalue weighted by molar-refractivity contribution is -0.143. The molecule has 0 radical (unpaired) electrons. The number of rotatable bonds is 2. The molecule has 0 saturated carbocycles. The van der Waals surface area contributed by atoms with E-state index in [2.05, 4.69) is 0 Å². The lowest BCUT2D eigenvalue weighted by atomic mass is 9.97. The topological polar surface area (TPSA) is 52.6 Å². The predicted octanol–water partition coefficient (Wildman–Crippen LogP) is 4.87. The molecule has 0 fully saturated rings. The Balaban J connectivity index is 1.91. The molecule has 26 heavy (non-hydrogen) atoms. The minimum Gasteiger partial charge on any atom is -0.452 e. The summed E-state index contributed by atoms with van der Waals surface area (Å²) in [6, 6.07) is 11.1. The second kappa shape index (κ2) is 6.45. The van der Waals surface area contributed by atoms with Crippen molar-refractivity contribution >= 4 is 17.8 Å². The highest BCUT2D eigenvalue weighted by Crippen LogP contribution is 2.39. The number of aryl methyl sites for hydroxylation is 1. The smallest absolute Gasteiger partial charge is 0.316 e. The Bertz CT molecular complexity index is 912. The van der Waals surface area contributed by atoms with Gasteiger partial charge in [-0.2, -0.15) is 0 Å². The fourth-order valence-electron chi connectivity index (χ4n) is 2.55. The Morgan fingerprint density at radius 1 is 1.04 bits per heavy atom. The van der Waals surface area contributed by atoms with Crippen LogP contribution in [0.5, 0.6) is 11.5 Å². The zero-order valence-electron chi connectivity index (χ0n) is 15.7. The number of esters is 1. The molecular formula is C22H22O4. The summed E-state index contributed by atoms with van der Waals surface area (Å²) >= 11 is 0. The molecule has 0 saturated heterocycles. The molecule has 0 atom stereocenters. The monoisotopic (exact) mass is 350 g/mol. The molecule has 0 unspecified atom stereocenters. The van der Waals surface area contributed by atoms with Crippen molar-refractivity contribution in [3.05, 3.63) is 64.4 Å². The van der Waals surface area contributed by atoms with Crippen LogP contribution in [0.25, 0.3) is 6.08 Å². The highest BCUT2D eigenvalue weighted by atomic mass is 16.5. The summed E-state index contributed by atoms with van der Waals surface area (Å²) in [6.45, 7) is 9.17. The molecule has 4 nitrogen and oxygen atoms in total.